The van der Waals surface area contributed by atoms with Crippen LogP contribution in [0, 0.1) is 0 Å². The van der Waals surface area contributed by atoms with Gasteiger partial charge in [0.05, 0.1) is 6.61 Å². The number of ether oxygens (including phenoxy) is 1. The molecule has 5 heteroatoms. The second kappa shape index (κ2) is 6.88. The molecule has 0 heterocycles. The smallest absolute Gasteiger partial charge is 0.373 e. The molecule has 15 heavy (non-hydrogen) atoms. The molecule has 2 N–H and O–H groups in total. The lowest BCUT2D eigenvalue weighted by Crippen LogP contribution is -2.31. The Hall–Kier alpha value is -0.515. The Labute approximate surface area is 99.1 Å². The maximum absolute atomic E-state index is 8.95. The first-order valence-corrected chi connectivity index (χ1v) is 5.77. The molecule has 0 amide bonds. The molecule has 0 fully saturated rings. The molecule has 0 unspecified atom stereocenters. The molecule has 1 rings (SSSR count). The van der Waals surface area contributed by atoms with E-state index < -0.39 is 7.05 Å². The third-order valence-corrected chi connectivity index (χ3v) is 2.32. The van der Waals surface area contributed by atoms with Crippen molar-refractivity contribution in [2.45, 2.75) is 13.2 Å². The third kappa shape index (κ3) is 5.82. The van der Waals surface area contributed by atoms with Crippen LogP contribution in [0.1, 0.15) is 6.42 Å². The van der Waals surface area contributed by atoms with E-state index in [-0.39, 0.29) is 0 Å². The number of hydrogen-bond acceptors (Lipinski definition) is 3. The zero-order valence-electron chi connectivity index (χ0n) is 8.74. The lowest BCUT2D eigenvalue weighted by molar-refractivity contribution is 0.310. The van der Waals surface area contributed by atoms with Crippen molar-refractivity contribution in [3.05, 3.63) is 28.7 Å². The minimum Gasteiger partial charge on any atom is -0.494 e. The van der Waals surface area contributed by atoms with Crippen LogP contribution in [0.25, 0.3) is 0 Å². The van der Waals surface area contributed by atoms with Crippen molar-refractivity contribution in [3.8, 4) is 5.75 Å². The normalized spacial score (nSPS) is 10.1. The maximum Gasteiger partial charge on any atom is 0.373 e. The molecule has 0 atom stereocenters. The standard InChI is InChI=1S/C10H15BBrNO2/c1-11(14)13-6-3-7-15-10-5-2-4-9(12)8-10/h2,4-5,8,13-14H,3,6-7H2,1H3. The van der Waals surface area contributed by atoms with Gasteiger partial charge in [-0.25, -0.2) is 0 Å². The van der Waals surface area contributed by atoms with Gasteiger partial charge in [-0.1, -0.05) is 22.0 Å². The van der Waals surface area contributed by atoms with Gasteiger partial charge in [0.2, 0.25) is 0 Å². The number of halogens is 1. The molecule has 0 spiro atoms. The van der Waals surface area contributed by atoms with Gasteiger partial charge in [0, 0.05) is 4.47 Å². The second-order valence-corrected chi connectivity index (χ2v) is 4.21. The second-order valence-electron chi connectivity index (χ2n) is 3.29. The molecule has 0 aromatic heterocycles. The van der Waals surface area contributed by atoms with Crippen molar-refractivity contribution in [1.82, 2.24) is 5.23 Å². The Kier molecular flexibility index (Phi) is 5.75. The highest BCUT2D eigenvalue weighted by molar-refractivity contribution is 9.10. The van der Waals surface area contributed by atoms with Crippen LogP contribution < -0.4 is 9.96 Å². The summed E-state index contributed by atoms with van der Waals surface area (Å²) in [6.45, 7) is 3.11. The molecule has 0 aliphatic rings. The van der Waals surface area contributed by atoms with E-state index in [0.29, 0.717) is 6.61 Å². The van der Waals surface area contributed by atoms with Gasteiger partial charge in [0.15, 0.2) is 0 Å². The fraction of sp³-hybridized carbons (Fsp3) is 0.400. The molecule has 0 aliphatic carbocycles. The van der Waals surface area contributed by atoms with Crippen LogP contribution in [0.4, 0.5) is 0 Å². The Morgan fingerprint density at radius 3 is 3.00 bits per heavy atom. The van der Waals surface area contributed by atoms with E-state index in [4.69, 9.17) is 9.76 Å². The van der Waals surface area contributed by atoms with E-state index in [2.05, 4.69) is 21.2 Å². The first kappa shape index (κ1) is 12.6. The summed E-state index contributed by atoms with van der Waals surface area (Å²) in [6, 6.07) is 7.75. The maximum atomic E-state index is 8.95. The molecule has 3 nitrogen and oxygen atoms in total. The zero-order chi connectivity index (χ0) is 11.1. The zero-order valence-corrected chi connectivity index (χ0v) is 10.3. The molecule has 0 aliphatic heterocycles. The highest BCUT2D eigenvalue weighted by atomic mass is 79.9. The van der Waals surface area contributed by atoms with Crippen LogP contribution in [-0.4, -0.2) is 25.2 Å². The van der Waals surface area contributed by atoms with Crippen LogP contribution >= 0.6 is 15.9 Å². The van der Waals surface area contributed by atoms with Crippen LogP contribution in [0.2, 0.25) is 6.82 Å². The molecule has 0 bridgehead atoms. The third-order valence-electron chi connectivity index (χ3n) is 1.83. The molecule has 1 aromatic carbocycles. The summed E-state index contributed by atoms with van der Waals surface area (Å²) >= 11 is 3.38. The molecular weight excluding hydrogens is 257 g/mol. The molecule has 0 saturated heterocycles. The van der Waals surface area contributed by atoms with Gasteiger partial charge < -0.3 is 15.0 Å². The molecule has 0 radical (unpaired) electrons. The van der Waals surface area contributed by atoms with Gasteiger partial charge in [-0.15, -0.1) is 0 Å². The van der Waals surface area contributed by atoms with Crippen molar-refractivity contribution in [2.24, 2.45) is 0 Å². The first-order valence-electron chi connectivity index (χ1n) is 4.98. The summed E-state index contributed by atoms with van der Waals surface area (Å²) < 4.78 is 6.53. The van der Waals surface area contributed by atoms with E-state index >= 15 is 0 Å². The average Bonchev–Trinajstić information content (AvgIpc) is 2.17. The lowest BCUT2D eigenvalue weighted by atomic mass is 9.89. The van der Waals surface area contributed by atoms with E-state index in [1.54, 1.807) is 6.82 Å². The van der Waals surface area contributed by atoms with Crippen LogP contribution in [0.15, 0.2) is 28.7 Å². The average molecular weight is 272 g/mol. The summed E-state index contributed by atoms with van der Waals surface area (Å²) in [5, 5.41) is 11.9. The molecule has 1 aromatic rings. The van der Waals surface area contributed by atoms with Crippen molar-refractivity contribution in [2.75, 3.05) is 13.2 Å². The Bertz CT molecular complexity index is 297. The molecule has 82 valence electrons. The predicted molar refractivity (Wildman–Crippen MR) is 66.1 cm³/mol. The van der Waals surface area contributed by atoms with Gasteiger partial charge in [-0.2, -0.15) is 0 Å². The first-order chi connectivity index (χ1) is 7.18. The summed E-state index contributed by atoms with van der Waals surface area (Å²) in [4.78, 5) is 0. The van der Waals surface area contributed by atoms with Crippen LogP contribution in [0.5, 0.6) is 5.75 Å². The van der Waals surface area contributed by atoms with Crippen LogP contribution in [-0.2, 0) is 0 Å². The van der Waals surface area contributed by atoms with Gasteiger partial charge >= 0.3 is 7.05 Å². The minimum absolute atomic E-state index is 0.448. The molecular formula is C10H15BBrNO2. The fourth-order valence-corrected chi connectivity index (χ4v) is 1.51. The fourth-order valence-electron chi connectivity index (χ4n) is 1.13. The number of hydrogen-bond donors (Lipinski definition) is 2. The SMILES string of the molecule is CB(O)NCCCOc1cccc(Br)c1. The summed E-state index contributed by atoms with van der Waals surface area (Å²) in [7, 11) is -0.448. The summed E-state index contributed by atoms with van der Waals surface area (Å²) in [5.74, 6) is 0.862. The highest BCUT2D eigenvalue weighted by Crippen LogP contribution is 2.17. The van der Waals surface area contributed by atoms with Gasteiger partial charge in [0.25, 0.3) is 0 Å². The van der Waals surface area contributed by atoms with E-state index in [1.165, 1.54) is 0 Å². The van der Waals surface area contributed by atoms with E-state index in [9.17, 15) is 0 Å². The van der Waals surface area contributed by atoms with Crippen LogP contribution in [0.3, 0.4) is 0 Å². The largest absolute Gasteiger partial charge is 0.494 e. The van der Waals surface area contributed by atoms with Crippen molar-refractivity contribution >= 4 is 23.0 Å². The number of benzene rings is 1. The molecule has 0 saturated carbocycles. The Morgan fingerprint density at radius 1 is 1.53 bits per heavy atom. The van der Waals surface area contributed by atoms with E-state index in [0.717, 1.165) is 23.2 Å². The predicted octanol–water partition coefficient (Wildman–Crippen LogP) is 1.92. The summed E-state index contributed by atoms with van der Waals surface area (Å²) in [6.07, 6.45) is 0.872. The number of nitrogens with one attached hydrogen (secondary N) is 1. The van der Waals surface area contributed by atoms with E-state index in [1.807, 2.05) is 24.3 Å². The monoisotopic (exact) mass is 271 g/mol. The van der Waals surface area contributed by atoms with Crippen molar-refractivity contribution < 1.29 is 9.76 Å². The van der Waals surface area contributed by atoms with Gasteiger partial charge in [-0.3, -0.25) is 0 Å². The van der Waals surface area contributed by atoms with Gasteiger partial charge in [-0.05, 0) is 38.0 Å². The topological polar surface area (TPSA) is 41.5 Å². The highest BCUT2D eigenvalue weighted by Gasteiger charge is 1.99. The Balaban J connectivity index is 2.15. The Morgan fingerprint density at radius 2 is 2.33 bits per heavy atom. The minimum atomic E-state index is -0.448. The summed E-state index contributed by atoms with van der Waals surface area (Å²) in [5.41, 5.74) is 0. The quantitative estimate of drug-likeness (QED) is 0.614. The van der Waals surface area contributed by atoms with Gasteiger partial charge in [0.1, 0.15) is 5.75 Å². The van der Waals surface area contributed by atoms with Crippen molar-refractivity contribution in [3.63, 3.8) is 0 Å². The van der Waals surface area contributed by atoms with Crippen molar-refractivity contribution in [1.29, 1.82) is 0 Å². The lowest BCUT2D eigenvalue weighted by Gasteiger charge is -2.07. The number of rotatable bonds is 6.